The standard InChI is InChI=1S/C67H120O2/c1-5-9-13-17-21-25-29-33-37-41-45-53-61-67(62-54-46-48-56-64(62)68,63-55-47-49-57-65(63)69)66(58-50-42-38-34-30-26-22-18-14-10-6-2,59-51-43-39-35-31-27-23-19-15-11-7-3)60-52-44-40-36-32-28-24-20-16-12-8-4/h46-49,54-57,68-69H,5-45,50-53,58-61H2,1-4H3. The van der Waals surface area contributed by atoms with Gasteiger partial charge in [-0.05, 0) is 43.2 Å². The van der Waals surface area contributed by atoms with Crippen molar-refractivity contribution in [3.63, 3.8) is 0 Å². The van der Waals surface area contributed by atoms with Gasteiger partial charge in [0.2, 0.25) is 0 Å². The molecule has 0 aliphatic carbocycles. The van der Waals surface area contributed by atoms with E-state index in [9.17, 15) is 10.2 Å². The smallest absolute Gasteiger partial charge is 0.119 e. The molecule has 2 nitrogen and oxygen atoms in total. The third-order valence-electron chi connectivity index (χ3n) is 16.8. The Morgan fingerprint density at radius 2 is 0.435 bits per heavy atom. The monoisotopic (exact) mass is 957 g/mol. The van der Waals surface area contributed by atoms with Crippen LogP contribution in [0, 0.1) is 5.41 Å². The quantitative estimate of drug-likeness (QED) is 0.0649. The zero-order chi connectivity index (χ0) is 49.6. The first-order valence-electron chi connectivity index (χ1n) is 31.6. The van der Waals surface area contributed by atoms with Gasteiger partial charge in [-0.1, -0.05) is 353 Å². The molecule has 69 heavy (non-hydrogen) atoms. The molecule has 0 unspecified atom stereocenters. The fourth-order valence-electron chi connectivity index (χ4n) is 12.5. The molecule has 0 bridgehead atoms. The Balaban J connectivity index is 2.46. The summed E-state index contributed by atoms with van der Waals surface area (Å²) >= 11 is 0. The van der Waals surface area contributed by atoms with Crippen molar-refractivity contribution in [3.8, 4) is 11.5 Å². The molecule has 0 aliphatic heterocycles. The first-order chi connectivity index (χ1) is 34.0. The van der Waals surface area contributed by atoms with Gasteiger partial charge in [0, 0.05) is 16.5 Å². The largest absolute Gasteiger partial charge is 0.508 e. The third-order valence-corrected chi connectivity index (χ3v) is 16.8. The Hall–Kier alpha value is -1.96. The molecule has 0 saturated carbocycles. The fraction of sp³-hybridized carbons (Fsp3) is 0.821. The van der Waals surface area contributed by atoms with Crippen LogP contribution in [-0.2, 0) is 5.41 Å². The number of rotatable bonds is 52. The second kappa shape index (κ2) is 44.7. The van der Waals surface area contributed by atoms with E-state index < -0.39 is 5.41 Å². The topological polar surface area (TPSA) is 40.5 Å². The molecule has 400 valence electrons. The van der Waals surface area contributed by atoms with E-state index in [1.54, 1.807) is 0 Å². The van der Waals surface area contributed by atoms with Gasteiger partial charge in [0.25, 0.3) is 0 Å². The van der Waals surface area contributed by atoms with E-state index in [1.165, 1.54) is 302 Å². The van der Waals surface area contributed by atoms with Crippen molar-refractivity contribution < 1.29 is 10.2 Å². The molecule has 2 aromatic carbocycles. The Bertz CT molecular complexity index is 1270. The number of aromatic hydroxyl groups is 2. The molecule has 0 fully saturated rings. The molecule has 0 radical (unpaired) electrons. The van der Waals surface area contributed by atoms with Gasteiger partial charge in [-0.25, -0.2) is 0 Å². The van der Waals surface area contributed by atoms with Gasteiger partial charge in [0.1, 0.15) is 11.5 Å². The first kappa shape index (κ1) is 63.2. The van der Waals surface area contributed by atoms with Gasteiger partial charge in [-0.15, -0.1) is 0 Å². The molecule has 0 aromatic heterocycles. The van der Waals surface area contributed by atoms with Crippen molar-refractivity contribution in [1.82, 2.24) is 0 Å². The second-order valence-corrected chi connectivity index (χ2v) is 22.7. The van der Waals surface area contributed by atoms with Crippen molar-refractivity contribution >= 4 is 0 Å². The van der Waals surface area contributed by atoms with Crippen LogP contribution in [0.2, 0.25) is 0 Å². The van der Waals surface area contributed by atoms with Gasteiger partial charge in [0.15, 0.2) is 0 Å². The molecule has 2 heteroatoms. The average Bonchev–Trinajstić information content (AvgIpc) is 3.36. The van der Waals surface area contributed by atoms with Gasteiger partial charge in [0.05, 0.1) is 0 Å². The molecule has 0 spiro atoms. The maximum atomic E-state index is 12.3. The average molecular weight is 958 g/mol. The molecule has 0 saturated heterocycles. The lowest BCUT2D eigenvalue weighted by molar-refractivity contribution is 0.0781. The van der Waals surface area contributed by atoms with Crippen LogP contribution in [0.3, 0.4) is 0 Å². The highest BCUT2D eigenvalue weighted by molar-refractivity contribution is 5.53. The lowest BCUT2D eigenvalue weighted by Gasteiger charge is -2.53. The summed E-state index contributed by atoms with van der Waals surface area (Å²) in [6.45, 7) is 9.27. The minimum Gasteiger partial charge on any atom is -0.508 e. The zero-order valence-electron chi connectivity index (χ0n) is 47.2. The van der Waals surface area contributed by atoms with Crippen LogP contribution in [0.15, 0.2) is 48.5 Å². The van der Waals surface area contributed by atoms with Crippen LogP contribution in [0.5, 0.6) is 11.5 Å². The minimum absolute atomic E-state index is 0.0553. The predicted molar refractivity (Wildman–Crippen MR) is 308 cm³/mol. The van der Waals surface area contributed by atoms with Crippen LogP contribution in [0.4, 0.5) is 0 Å². The number of unbranched alkanes of at least 4 members (excludes halogenated alkanes) is 41. The van der Waals surface area contributed by atoms with E-state index >= 15 is 0 Å². The highest BCUT2D eigenvalue weighted by Gasteiger charge is 2.53. The molecule has 0 aliphatic rings. The summed E-state index contributed by atoms with van der Waals surface area (Å²) in [6.07, 6.45) is 65.5. The number of benzene rings is 2. The third kappa shape index (κ3) is 28.2. The summed E-state index contributed by atoms with van der Waals surface area (Å²) in [4.78, 5) is 0. The van der Waals surface area contributed by atoms with Crippen LogP contribution in [0.25, 0.3) is 0 Å². The maximum absolute atomic E-state index is 12.3. The highest BCUT2D eigenvalue weighted by atomic mass is 16.3. The van der Waals surface area contributed by atoms with Crippen molar-refractivity contribution in [3.05, 3.63) is 59.7 Å². The highest BCUT2D eigenvalue weighted by Crippen LogP contribution is 2.61. The lowest BCUT2D eigenvalue weighted by Crippen LogP contribution is -2.47. The molecular formula is C67H120O2. The summed E-state index contributed by atoms with van der Waals surface area (Å²) < 4.78 is 0. The van der Waals surface area contributed by atoms with Crippen LogP contribution >= 0.6 is 0 Å². The van der Waals surface area contributed by atoms with Crippen LogP contribution in [-0.4, -0.2) is 10.2 Å². The minimum atomic E-state index is -0.461. The van der Waals surface area contributed by atoms with Gasteiger partial charge in [-0.3, -0.25) is 0 Å². The Labute approximate surface area is 432 Å². The molecular weight excluding hydrogens is 837 g/mol. The maximum Gasteiger partial charge on any atom is 0.119 e. The van der Waals surface area contributed by atoms with E-state index in [1.807, 2.05) is 24.3 Å². The SMILES string of the molecule is CCCCCCCCCCCCCCC(c1ccccc1O)(c1ccccc1O)C(CCCCCCCCCCCCC)(CCCCCCCCCCCCC)CCCCCCCCCCCCC. The van der Waals surface area contributed by atoms with E-state index in [0.717, 1.165) is 24.0 Å². The van der Waals surface area contributed by atoms with E-state index in [2.05, 4.69) is 52.0 Å². The van der Waals surface area contributed by atoms with Crippen molar-refractivity contribution in [1.29, 1.82) is 0 Å². The number of hydrogen-bond acceptors (Lipinski definition) is 2. The summed E-state index contributed by atoms with van der Waals surface area (Å²) in [5.74, 6) is 0.863. The summed E-state index contributed by atoms with van der Waals surface area (Å²) in [7, 11) is 0. The molecule has 2 N–H and O–H groups in total. The van der Waals surface area contributed by atoms with Crippen molar-refractivity contribution in [2.24, 2.45) is 5.41 Å². The zero-order valence-corrected chi connectivity index (χ0v) is 47.2. The Kier molecular flexibility index (Phi) is 40.9. The second-order valence-electron chi connectivity index (χ2n) is 22.7. The number of para-hydroxylation sites is 2. The van der Waals surface area contributed by atoms with Gasteiger partial charge >= 0.3 is 0 Å². The number of phenolic OH excluding ortho intramolecular Hbond substituents is 2. The Morgan fingerprint density at radius 1 is 0.246 bits per heavy atom. The van der Waals surface area contributed by atoms with Crippen molar-refractivity contribution in [2.45, 2.75) is 348 Å². The Morgan fingerprint density at radius 3 is 0.652 bits per heavy atom. The lowest BCUT2D eigenvalue weighted by atomic mass is 9.49. The van der Waals surface area contributed by atoms with E-state index in [4.69, 9.17) is 0 Å². The predicted octanol–water partition coefficient (Wildman–Crippen LogP) is 23.6. The van der Waals surface area contributed by atoms with Crippen LogP contribution < -0.4 is 0 Å². The van der Waals surface area contributed by atoms with Crippen molar-refractivity contribution in [2.75, 3.05) is 0 Å². The van der Waals surface area contributed by atoms with E-state index in [-0.39, 0.29) is 5.41 Å². The summed E-state index contributed by atoms with van der Waals surface area (Å²) in [5, 5.41) is 24.5. The van der Waals surface area contributed by atoms with Gasteiger partial charge in [-0.2, -0.15) is 0 Å². The molecule has 2 rings (SSSR count). The first-order valence-corrected chi connectivity index (χ1v) is 31.6. The summed E-state index contributed by atoms with van der Waals surface area (Å²) in [6, 6.07) is 16.9. The molecule has 0 heterocycles. The van der Waals surface area contributed by atoms with Crippen LogP contribution in [0.1, 0.15) is 353 Å². The molecule has 2 aromatic rings. The number of hydrogen-bond donors (Lipinski definition) is 2. The summed E-state index contributed by atoms with van der Waals surface area (Å²) in [5.41, 5.74) is 1.66. The molecule has 0 atom stereocenters. The fourth-order valence-corrected chi connectivity index (χ4v) is 12.5. The van der Waals surface area contributed by atoms with E-state index in [0.29, 0.717) is 11.5 Å². The normalized spacial score (nSPS) is 12.1. The van der Waals surface area contributed by atoms with Gasteiger partial charge < -0.3 is 10.2 Å². The molecule has 0 amide bonds. The number of phenols is 2.